The number of hydrogen-bond acceptors (Lipinski definition) is 8. The maximum Gasteiger partial charge on any atom is 0.230 e. The van der Waals surface area contributed by atoms with Crippen molar-refractivity contribution in [2.24, 2.45) is 0 Å². The first kappa shape index (κ1) is 21.5. The summed E-state index contributed by atoms with van der Waals surface area (Å²) in [5.74, 6) is 0.604. The summed E-state index contributed by atoms with van der Waals surface area (Å²) in [6.07, 6.45) is 3.75. The lowest BCUT2D eigenvalue weighted by atomic mass is 10.2. The Morgan fingerprint density at radius 2 is 2.03 bits per heavy atom. The second kappa shape index (κ2) is 9.19. The van der Waals surface area contributed by atoms with Crippen LogP contribution in [0.4, 0.5) is 27.5 Å². The van der Waals surface area contributed by atoms with E-state index in [-0.39, 0.29) is 10.8 Å². The first-order valence-electron chi connectivity index (χ1n) is 9.85. The number of phenols is 1. The summed E-state index contributed by atoms with van der Waals surface area (Å²) in [6.45, 7) is 2.57. The van der Waals surface area contributed by atoms with Crippen LogP contribution < -0.4 is 15.0 Å². The maximum atomic E-state index is 13.5. The van der Waals surface area contributed by atoms with Gasteiger partial charge >= 0.3 is 0 Å². The molecule has 8 nitrogen and oxygen atoms in total. The summed E-state index contributed by atoms with van der Waals surface area (Å²) in [5, 5.41) is 13.7. The van der Waals surface area contributed by atoms with E-state index in [1.165, 1.54) is 25.6 Å². The summed E-state index contributed by atoms with van der Waals surface area (Å²) in [6, 6.07) is 9.50. The molecule has 0 atom stereocenters. The highest BCUT2D eigenvalue weighted by atomic mass is 35.5. The van der Waals surface area contributed by atoms with E-state index in [0.29, 0.717) is 46.5 Å². The molecule has 4 rings (SSSR count). The van der Waals surface area contributed by atoms with Gasteiger partial charge in [0.05, 0.1) is 24.0 Å². The Morgan fingerprint density at radius 3 is 2.78 bits per heavy atom. The average Bonchev–Trinajstić information content (AvgIpc) is 2.80. The fraction of sp³-hybridized carbons (Fsp3) is 0.182. The van der Waals surface area contributed by atoms with Crippen molar-refractivity contribution in [3.63, 3.8) is 0 Å². The van der Waals surface area contributed by atoms with Crippen LogP contribution in [0.5, 0.6) is 11.5 Å². The smallest absolute Gasteiger partial charge is 0.230 e. The lowest BCUT2D eigenvalue weighted by molar-refractivity contribution is 0.374. The fourth-order valence-electron chi connectivity index (χ4n) is 3.22. The van der Waals surface area contributed by atoms with Crippen molar-refractivity contribution in [1.82, 2.24) is 19.9 Å². The van der Waals surface area contributed by atoms with E-state index in [4.69, 9.17) is 16.3 Å². The number of nitrogens with zero attached hydrogens (tertiary/aromatic N) is 5. The Hall–Kier alpha value is -3.72. The molecule has 0 radical (unpaired) electrons. The molecule has 0 aliphatic heterocycles. The van der Waals surface area contributed by atoms with Crippen molar-refractivity contribution in [3.8, 4) is 11.5 Å². The van der Waals surface area contributed by atoms with E-state index in [1.54, 1.807) is 35.4 Å². The van der Waals surface area contributed by atoms with Crippen LogP contribution in [0.3, 0.4) is 0 Å². The molecule has 2 heterocycles. The Kier molecular flexibility index (Phi) is 6.18. The Balaban J connectivity index is 1.79. The second-order valence-electron chi connectivity index (χ2n) is 6.86. The lowest BCUT2D eigenvalue weighted by Gasteiger charge is -2.24. The molecule has 0 aliphatic rings. The minimum atomic E-state index is -0.511. The summed E-state index contributed by atoms with van der Waals surface area (Å²) < 4.78 is 18.8. The zero-order chi connectivity index (χ0) is 22.7. The number of methoxy groups -OCH3 is 1. The molecule has 0 aliphatic carbocycles. The number of nitrogens with one attached hydrogen (secondary N) is 1. The van der Waals surface area contributed by atoms with E-state index >= 15 is 0 Å². The average molecular weight is 455 g/mol. The number of aromatic hydroxyl groups is 1. The van der Waals surface area contributed by atoms with Gasteiger partial charge in [-0.3, -0.25) is 0 Å². The number of hydrogen-bond donors (Lipinski definition) is 2. The Labute approximate surface area is 188 Å². The zero-order valence-corrected chi connectivity index (χ0v) is 18.1. The minimum Gasteiger partial charge on any atom is -0.503 e. The molecule has 0 amide bonds. The molecule has 0 saturated heterocycles. The fourth-order valence-corrected chi connectivity index (χ4v) is 3.40. The molecule has 0 bridgehead atoms. The highest BCUT2D eigenvalue weighted by molar-refractivity contribution is 6.31. The maximum absolute atomic E-state index is 13.5. The number of fused-ring (bicyclic) bond motifs is 1. The van der Waals surface area contributed by atoms with Gasteiger partial charge < -0.3 is 20.1 Å². The Morgan fingerprint density at radius 1 is 1.19 bits per heavy atom. The number of aromatic nitrogens is 4. The number of benzene rings is 2. The van der Waals surface area contributed by atoms with Crippen LogP contribution in [0, 0.1) is 5.82 Å². The van der Waals surface area contributed by atoms with Gasteiger partial charge in [-0.15, -0.1) is 0 Å². The van der Waals surface area contributed by atoms with E-state index in [9.17, 15) is 9.50 Å². The topological polar surface area (TPSA) is 96.3 Å². The Bertz CT molecular complexity index is 1270. The predicted molar refractivity (Wildman–Crippen MR) is 122 cm³/mol. The lowest BCUT2D eigenvalue weighted by Crippen LogP contribution is -2.21. The molecular formula is C22H20ClFN6O2. The molecule has 164 valence electrons. The number of halogens is 2. The number of phenolic OH excluding ortho intramolecular Hbond substituents is 1. The van der Waals surface area contributed by atoms with Gasteiger partial charge in [-0.2, -0.15) is 0 Å². The van der Waals surface area contributed by atoms with E-state index in [0.717, 1.165) is 6.42 Å². The molecule has 0 fully saturated rings. The van der Waals surface area contributed by atoms with Crippen LogP contribution in [0.2, 0.25) is 5.02 Å². The van der Waals surface area contributed by atoms with Gasteiger partial charge in [-0.05, 0) is 36.8 Å². The van der Waals surface area contributed by atoms with Crippen molar-refractivity contribution >= 4 is 45.8 Å². The summed E-state index contributed by atoms with van der Waals surface area (Å²) >= 11 is 5.89. The number of para-hydroxylation sites is 1. The van der Waals surface area contributed by atoms with Gasteiger partial charge in [0.1, 0.15) is 23.2 Å². The van der Waals surface area contributed by atoms with Crippen molar-refractivity contribution in [3.05, 3.63) is 59.8 Å². The van der Waals surface area contributed by atoms with Crippen LogP contribution in [0.15, 0.2) is 48.9 Å². The molecular weight excluding hydrogens is 435 g/mol. The largest absolute Gasteiger partial charge is 0.503 e. The monoisotopic (exact) mass is 454 g/mol. The van der Waals surface area contributed by atoms with Gasteiger partial charge in [-0.25, -0.2) is 24.3 Å². The molecule has 2 N–H and O–H groups in total. The van der Waals surface area contributed by atoms with Gasteiger partial charge in [0, 0.05) is 12.2 Å². The highest BCUT2D eigenvalue weighted by Crippen LogP contribution is 2.39. The first-order valence-corrected chi connectivity index (χ1v) is 10.2. The minimum absolute atomic E-state index is 0.00392. The molecule has 10 heteroatoms. The number of rotatable bonds is 7. The van der Waals surface area contributed by atoms with Gasteiger partial charge in [-0.1, -0.05) is 24.6 Å². The molecule has 0 unspecified atom stereocenters. The molecule has 2 aromatic carbocycles. The third-order valence-corrected chi connectivity index (χ3v) is 5.01. The molecule has 4 aromatic rings. The van der Waals surface area contributed by atoms with Gasteiger partial charge in [0.2, 0.25) is 5.95 Å². The molecule has 0 spiro atoms. The van der Waals surface area contributed by atoms with E-state index in [2.05, 4.69) is 25.3 Å². The predicted octanol–water partition coefficient (Wildman–Crippen LogP) is 5.22. The third kappa shape index (κ3) is 4.19. The molecule has 0 saturated carbocycles. The summed E-state index contributed by atoms with van der Waals surface area (Å²) in [7, 11) is 1.49. The van der Waals surface area contributed by atoms with Crippen LogP contribution in [0.1, 0.15) is 13.3 Å². The van der Waals surface area contributed by atoms with Gasteiger partial charge in [0.15, 0.2) is 17.3 Å². The third-order valence-electron chi connectivity index (χ3n) is 4.72. The normalized spacial score (nSPS) is 10.9. The van der Waals surface area contributed by atoms with Crippen LogP contribution in [-0.4, -0.2) is 38.7 Å². The van der Waals surface area contributed by atoms with Crippen molar-refractivity contribution in [1.29, 1.82) is 0 Å². The molecule has 32 heavy (non-hydrogen) atoms. The standard InChI is InChI=1S/C22H20ClFN6O2/c1-3-9-30(17-5-4-6-18(32-2)20(17)31)22-25-11-16-19(29-22)21(27-12-26-16)28-13-7-8-15(24)14(23)10-13/h4-8,10-12,31H,3,9H2,1-2H3,(H,26,27,28). The van der Waals surface area contributed by atoms with Crippen molar-refractivity contribution in [2.45, 2.75) is 13.3 Å². The zero-order valence-electron chi connectivity index (χ0n) is 17.4. The van der Waals surface area contributed by atoms with Crippen LogP contribution in [-0.2, 0) is 0 Å². The van der Waals surface area contributed by atoms with Crippen molar-refractivity contribution in [2.75, 3.05) is 23.9 Å². The van der Waals surface area contributed by atoms with E-state index < -0.39 is 5.82 Å². The number of ether oxygens (including phenoxy) is 1. The van der Waals surface area contributed by atoms with E-state index in [1.807, 2.05) is 6.92 Å². The van der Waals surface area contributed by atoms with Crippen LogP contribution >= 0.6 is 11.6 Å². The highest BCUT2D eigenvalue weighted by Gasteiger charge is 2.19. The summed E-state index contributed by atoms with van der Waals surface area (Å²) in [5.41, 5.74) is 2.04. The van der Waals surface area contributed by atoms with Crippen molar-refractivity contribution < 1.29 is 14.2 Å². The SMILES string of the molecule is CCCN(c1ncc2ncnc(Nc3ccc(F)c(Cl)c3)c2n1)c1cccc(OC)c1O. The number of anilines is 4. The van der Waals surface area contributed by atoms with Crippen LogP contribution in [0.25, 0.3) is 11.0 Å². The quantitative estimate of drug-likeness (QED) is 0.392. The first-order chi connectivity index (χ1) is 15.5. The molecule has 2 aromatic heterocycles. The van der Waals surface area contributed by atoms with Gasteiger partial charge in [0.25, 0.3) is 0 Å². The second-order valence-corrected chi connectivity index (χ2v) is 7.27. The summed E-state index contributed by atoms with van der Waals surface area (Å²) in [4.78, 5) is 19.4.